The van der Waals surface area contributed by atoms with E-state index >= 15 is 0 Å². The minimum absolute atomic E-state index is 0.408. The van der Waals surface area contributed by atoms with Gasteiger partial charge in [0.15, 0.2) is 0 Å². The fraction of sp³-hybridized carbons (Fsp3) is 0.0312. The van der Waals surface area contributed by atoms with E-state index in [1.165, 1.54) is 0 Å². The number of benzene rings is 5. The zero-order chi connectivity index (χ0) is 27.2. The first-order chi connectivity index (χ1) is 19.0. The third-order valence-electron chi connectivity index (χ3n) is 5.98. The van der Waals surface area contributed by atoms with E-state index in [0.717, 1.165) is 16.3 Å². The summed E-state index contributed by atoms with van der Waals surface area (Å²) in [6.45, 7) is 1.91. The van der Waals surface area contributed by atoms with Gasteiger partial charge in [-0.25, -0.2) is 4.79 Å². The quantitative estimate of drug-likeness (QED) is 0.240. The van der Waals surface area contributed by atoms with Crippen LogP contribution in [0.5, 0.6) is 23.0 Å². The van der Waals surface area contributed by atoms with Crippen molar-refractivity contribution in [3.05, 3.63) is 120 Å². The molecule has 0 aliphatic rings. The van der Waals surface area contributed by atoms with Crippen LogP contribution in [-0.2, 0) is 0 Å². The maximum Gasteiger partial charge on any atom is 0.323 e. The van der Waals surface area contributed by atoms with E-state index < -0.39 is 6.03 Å². The van der Waals surface area contributed by atoms with Gasteiger partial charge in [-0.3, -0.25) is 0 Å². The highest BCUT2D eigenvalue weighted by Gasteiger charge is 2.10. The van der Waals surface area contributed by atoms with Gasteiger partial charge in [0, 0.05) is 17.1 Å². The number of rotatable bonds is 6. The molecule has 5 aromatic rings. The number of urea groups is 1. The van der Waals surface area contributed by atoms with Crippen LogP contribution in [-0.4, -0.2) is 6.03 Å². The molecule has 0 unspecified atom stereocenters. The minimum Gasteiger partial charge on any atom is -0.457 e. The average molecular weight is 511 g/mol. The maximum absolute atomic E-state index is 12.9. The van der Waals surface area contributed by atoms with Gasteiger partial charge in [-0.2, -0.15) is 10.5 Å². The van der Waals surface area contributed by atoms with E-state index in [1.807, 2.05) is 49.4 Å². The Kier molecular flexibility index (Phi) is 7.07. The van der Waals surface area contributed by atoms with Crippen LogP contribution in [0.15, 0.2) is 103 Å². The summed E-state index contributed by atoms with van der Waals surface area (Å²) in [6.07, 6.45) is 0. The molecule has 0 fully saturated rings. The normalized spacial score (nSPS) is 10.2. The monoisotopic (exact) mass is 510 g/mol. The predicted octanol–water partition coefficient (Wildman–Crippen LogP) is 8.12. The summed E-state index contributed by atoms with van der Waals surface area (Å²) in [6, 6.07) is 34.1. The molecule has 7 heteroatoms. The van der Waals surface area contributed by atoms with Gasteiger partial charge in [-0.1, -0.05) is 24.3 Å². The molecule has 0 saturated heterocycles. The van der Waals surface area contributed by atoms with Crippen LogP contribution in [0.25, 0.3) is 10.8 Å². The Labute approximate surface area is 225 Å². The Bertz CT molecular complexity index is 1750. The number of hydrogen-bond acceptors (Lipinski definition) is 5. The van der Waals surface area contributed by atoms with Crippen molar-refractivity contribution in [1.82, 2.24) is 0 Å². The summed E-state index contributed by atoms with van der Waals surface area (Å²) in [5.41, 5.74) is 3.19. The molecule has 39 heavy (non-hydrogen) atoms. The number of anilines is 2. The summed E-state index contributed by atoms with van der Waals surface area (Å²) in [5, 5.41) is 25.5. The second-order valence-electron chi connectivity index (χ2n) is 8.72. The smallest absolute Gasteiger partial charge is 0.323 e. The molecule has 0 radical (unpaired) electrons. The lowest BCUT2D eigenvalue weighted by molar-refractivity contribution is 0.262. The molecule has 5 aromatic carbocycles. The summed E-state index contributed by atoms with van der Waals surface area (Å²) < 4.78 is 11.9. The van der Waals surface area contributed by atoms with Crippen LogP contribution >= 0.6 is 0 Å². The summed E-state index contributed by atoms with van der Waals surface area (Å²) >= 11 is 0. The zero-order valence-electron chi connectivity index (χ0n) is 20.9. The second kappa shape index (κ2) is 11.1. The van der Waals surface area contributed by atoms with Crippen molar-refractivity contribution in [3.63, 3.8) is 0 Å². The Balaban J connectivity index is 1.31. The van der Waals surface area contributed by atoms with Crippen molar-refractivity contribution in [2.45, 2.75) is 6.92 Å². The first-order valence-electron chi connectivity index (χ1n) is 12.1. The van der Waals surface area contributed by atoms with Crippen LogP contribution in [0.4, 0.5) is 16.2 Å². The number of nitrogens with one attached hydrogen (secondary N) is 2. The molecule has 0 aliphatic heterocycles. The van der Waals surface area contributed by atoms with Gasteiger partial charge in [0.05, 0.1) is 29.0 Å². The Morgan fingerprint density at radius 2 is 1.33 bits per heavy atom. The van der Waals surface area contributed by atoms with Crippen LogP contribution in [0.1, 0.15) is 16.7 Å². The maximum atomic E-state index is 12.9. The Morgan fingerprint density at radius 1 is 0.692 bits per heavy atom. The number of fused-ring (bicyclic) bond motifs is 1. The Hall–Kier alpha value is -5.79. The van der Waals surface area contributed by atoms with E-state index in [2.05, 4.69) is 22.8 Å². The van der Waals surface area contributed by atoms with Gasteiger partial charge in [0.1, 0.15) is 23.0 Å². The predicted molar refractivity (Wildman–Crippen MR) is 150 cm³/mol. The highest BCUT2D eigenvalue weighted by molar-refractivity contribution is 6.06. The van der Waals surface area contributed by atoms with Crippen molar-refractivity contribution in [3.8, 4) is 35.1 Å². The van der Waals surface area contributed by atoms with Crippen molar-refractivity contribution >= 4 is 28.2 Å². The van der Waals surface area contributed by atoms with E-state index in [4.69, 9.17) is 20.0 Å². The molecular formula is C32H22N4O3. The molecule has 2 N–H and O–H groups in total. The molecule has 0 heterocycles. The zero-order valence-corrected chi connectivity index (χ0v) is 20.9. The summed E-state index contributed by atoms with van der Waals surface area (Å²) in [4.78, 5) is 12.9. The number of nitrogens with zero attached hydrogens (tertiary/aromatic N) is 2. The first kappa shape index (κ1) is 24.9. The second-order valence-corrected chi connectivity index (χ2v) is 8.72. The number of hydrogen-bond donors (Lipinski definition) is 2. The van der Waals surface area contributed by atoms with Gasteiger partial charge < -0.3 is 20.1 Å². The van der Waals surface area contributed by atoms with Crippen molar-refractivity contribution in [2.75, 3.05) is 10.6 Å². The SMILES string of the molecule is Cc1ccc(NC(=O)Nc2cccc3ccc(Oc4ccc(C#N)cc4)cc23)cc1Oc1ccc(C#N)cc1. The molecule has 0 atom stereocenters. The number of aryl methyl sites for hydroxylation is 1. The van der Waals surface area contributed by atoms with Crippen molar-refractivity contribution in [1.29, 1.82) is 10.5 Å². The van der Waals surface area contributed by atoms with E-state index in [1.54, 1.807) is 60.7 Å². The fourth-order valence-electron chi connectivity index (χ4n) is 3.95. The largest absolute Gasteiger partial charge is 0.457 e. The van der Waals surface area contributed by atoms with Gasteiger partial charge >= 0.3 is 6.03 Å². The molecule has 0 bridgehead atoms. The van der Waals surface area contributed by atoms with Crippen molar-refractivity contribution < 1.29 is 14.3 Å². The van der Waals surface area contributed by atoms with E-state index in [9.17, 15) is 4.79 Å². The topological polar surface area (TPSA) is 107 Å². The lowest BCUT2D eigenvalue weighted by Crippen LogP contribution is -2.19. The molecule has 0 aromatic heterocycles. The van der Waals surface area contributed by atoms with Crippen molar-refractivity contribution in [2.24, 2.45) is 0 Å². The molecule has 7 nitrogen and oxygen atoms in total. The lowest BCUT2D eigenvalue weighted by atomic mass is 10.1. The standard InChI is InChI=1S/C32H22N4O3/c1-21-5-11-25(17-31(21)39-27-14-8-23(20-34)9-15-27)35-32(37)36-30-4-2-3-24-10-16-28(18-29(24)30)38-26-12-6-22(19-33)7-13-26/h2-18H,1H3,(H2,35,36,37). The molecule has 5 rings (SSSR count). The highest BCUT2D eigenvalue weighted by atomic mass is 16.5. The third-order valence-corrected chi connectivity index (χ3v) is 5.98. The van der Waals surface area contributed by atoms with Crippen LogP contribution < -0.4 is 20.1 Å². The number of amides is 2. The average Bonchev–Trinajstić information content (AvgIpc) is 2.96. The van der Waals surface area contributed by atoms with Crippen LogP contribution in [0.3, 0.4) is 0 Å². The number of nitriles is 2. The van der Waals surface area contributed by atoms with Gasteiger partial charge in [0.25, 0.3) is 0 Å². The summed E-state index contributed by atoms with van der Waals surface area (Å²) in [5.74, 6) is 2.39. The highest BCUT2D eigenvalue weighted by Crippen LogP contribution is 2.31. The number of carbonyl (C=O) groups excluding carboxylic acids is 1. The summed E-state index contributed by atoms with van der Waals surface area (Å²) in [7, 11) is 0. The van der Waals surface area contributed by atoms with Gasteiger partial charge in [-0.05, 0) is 90.7 Å². The van der Waals surface area contributed by atoms with Crippen LogP contribution in [0.2, 0.25) is 0 Å². The molecular weight excluding hydrogens is 488 g/mol. The van der Waals surface area contributed by atoms with Gasteiger partial charge in [0.2, 0.25) is 0 Å². The number of ether oxygens (including phenoxy) is 2. The minimum atomic E-state index is -0.408. The molecule has 0 aliphatic carbocycles. The molecule has 0 saturated carbocycles. The lowest BCUT2D eigenvalue weighted by Gasteiger charge is -2.14. The molecule has 2 amide bonds. The number of carbonyl (C=O) groups is 1. The Morgan fingerprint density at radius 3 is 2.00 bits per heavy atom. The van der Waals surface area contributed by atoms with E-state index in [0.29, 0.717) is 45.5 Å². The van der Waals surface area contributed by atoms with Gasteiger partial charge in [-0.15, -0.1) is 0 Å². The third kappa shape index (κ3) is 5.96. The molecule has 0 spiro atoms. The van der Waals surface area contributed by atoms with Crippen LogP contribution in [0, 0.1) is 29.6 Å². The fourth-order valence-corrected chi connectivity index (χ4v) is 3.95. The van der Waals surface area contributed by atoms with E-state index in [-0.39, 0.29) is 0 Å². The molecule has 188 valence electrons. The first-order valence-corrected chi connectivity index (χ1v) is 12.1.